The Kier molecular flexibility index (Phi) is 4.28. The van der Waals surface area contributed by atoms with Crippen molar-refractivity contribution < 1.29 is 0 Å². The number of thiazole rings is 1. The molecule has 5 rings (SSSR count). The maximum atomic E-state index is 6.40. The van der Waals surface area contributed by atoms with E-state index in [1.807, 2.05) is 23.8 Å². The molecular formula is C19H24N8S. The Labute approximate surface area is 168 Å². The predicted molar refractivity (Wildman–Crippen MR) is 109 cm³/mol. The van der Waals surface area contributed by atoms with Crippen LogP contribution in [-0.2, 0) is 6.54 Å². The molecule has 1 saturated heterocycles. The molecule has 8 nitrogen and oxygen atoms in total. The molecule has 2 N–H and O–H groups in total. The molecule has 0 bridgehead atoms. The smallest absolute Gasteiger partial charge is 0.181 e. The van der Waals surface area contributed by atoms with Crippen LogP contribution in [0.5, 0.6) is 0 Å². The van der Waals surface area contributed by atoms with Crippen LogP contribution in [-0.4, -0.2) is 55.8 Å². The summed E-state index contributed by atoms with van der Waals surface area (Å²) in [5.41, 5.74) is 7.43. The Balaban J connectivity index is 1.25. The van der Waals surface area contributed by atoms with Crippen LogP contribution >= 0.6 is 11.3 Å². The van der Waals surface area contributed by atoms with E-state index in [1.54, 1.807) is 28.5 Å². The molecule has 4 heterocycles. The summed E-state index contributed by atoms with van der Waals surface area (Å²) >= 11 is 1.73. The molecule has 1 spiro atoms. The third kappa shape index (κ3) is 3.04. The lowest BCUT2D eigenvalue weighted by Gasteiger charge is -2.35. The minimum atomic E-state index is 0.440. The average Bonchev–Trinajstić information content (AvgIpc) is 3.12. The third-order valence-electron chi connectivity index (χ3n) is 6.17. The van der Waals surface area contributed by atoms with E-state index in [-0.39, 0.29) is 0 Å². The molecule has 28 heavy (non-hydrogen) atoms. The quantitative estimate of drug-likeness (QED) is 0.707. The second-order valence-corrected chi connectivity index (χ2v) is 8.77. The molecule has 1 saturated carbocycles. The number of rotatable bonds is 5. The van der Waals surface area contributed by atoms with Crippen molar-refractivity contribution in [1.82, 2.24) is 29.6 Å². The van der Waals surface area contributed by atoms with Crippen molar-refractivity contribution in [3.05, 3.63) is 41.4 Å². The molecule has 1 unspecified atom stereocenters. The molecule has 1 aliphatic heterocycles. The van der Waals surface area contributed by atoms with Crippen molar-refractivity contribution in [2.75, 3.05) is 30.8 Å². The van der Waals surface area contributed by atoms with Crippen molar-refractivity contribution in [2.45, 2.75) is 31.8 Å². The molecule has 0 radical (unpaired) electrons. The van der Waals surface area contributed by atoms with Crippen LogP contribution < -0.4 is 10.6 Å². The highest BCUT2D eigenvalue weighted by molar-refractivity contribution is 7.09. The first-order chi connectivity index (χ1) is 13.7. The van der Waals surface area contributed by atoms with Gasteiger partial charge in [-0.05, 0) is 37.8 Å². The molecule has 146 valence electrons. The highest BCUT2D eigenvalue weighted by Crippen LogP contribution is 2.57. The van der Waals surface area contributed by atoms with Gasteiger partial charge in [0.2, 0.25) is 0 Å². The van der Waals surface area contributed by atoms with E-state index in [9.17, 15) is 0 Å². The summed E-state index contributed by atoms with van der Waals surface area (Å²) in [6, 6.07) is 2.52. The maximum absolute atomic E-state index is 6.40. The average molecular weight is 397 g/mol. The van der Waals surface area contributed by atoms with Crippen LogP contribution in [0.25, 0.3) is 5.82 Å². The number of piperidine rings is 1. The van der Waals surface area contributed by atoms with Gasteiger partial charge in [0.05, 0.1) is 6.54 Å². The Morgan fingerprint density at radius 1 is 1.21 bits per heavy atom. The van der Waals surface area contributed by atoms with Crippen LogP contribution in [0.15, 0.2) is 36.4 Å². The van der Waals surface area contributed by atoms with Gasteiger partial charge in [0.1, 0.15) is 17.0 Å². The first kappa shape index (κ1) is 17.6. The highest BCUT2D eigenvalue weighted by atomic mass is 32.1. The van der Waals surface area contributed by atoms with Gasteiger partial charge in [-0.25, -0.2) is 19.6 Å². The number of anilines is 2. The van der Waals surface area contributed by atoms with Gasteiger partial charge >= 0.3 is 0 Å². The van der Waals surface area contributed by atoms with Gasteiger partial charge in [-0.3, -0.25) is 4.90 Å². The molecule has 2 aliphatic rings. The summed E-state index contributed by atoms with van der Waals surface area (Å²) in [5, 5.41) is 7.49. The fraction of sp³-hybridized carbons (Fsp3) is 0.474. The summed E-state index contributed by atoms with van der Waals surface area (Å²) in [7, 11) is 2.23. The largest absolute Gasteiger partial charge is 0.393 e. The molecule has 9 heteroatoms. The first-order valence-corrected chi connectivity index (χ1v) is 10.5. The van der Waals surface area contributed by atoms with E-state index in [2.05, 4.69) is 36.9 Å². The lowest BCUT2D eigenvalue weighted by molar-refractivity contribution is 0.238. The fourth-order valence-electron chi connectivity index (χ4n) is 4.51. The number of hydrogen-bond donors (Lipinski definition) is 1. The van der Waals surface area contributed by atoms with Gasteiger partial charge < -0.3 is 10.6 Å². The minimum absolute atomic E-state index is 0.440. The summed E-state index contributed by atoms with van der Waals surface area (Å²) in [5.74, 6) is 1.46. The third-order valence-corrected chi connectivity index (χ3v) is 6.93. The number of aromatic nitrogens is 5. The molecule has 0 aromatic carbocycles. The van der Waals surface area contributed by atoms with Crippen molar-refractivity contribution in [3.8, 4) is 5.82 Å². The standard InChI is InChI=1S/C19H24N8S/c1-25(12-15-21-6-10-28-15)14-11-19(14)3-8-26(9-4-19)17-16(20)18(23-13-22-17)27-7-2-5-24-27/h2,5-7,10,13-14H,3-4,8-9,11-12,20H2,1H3. The SMILES string of the molecule is CN(Cc1nccs1)C1CC12CCN(c1ncnc(-n3cccn3)c1N)CC2. The molecular weight excluding hydrogens is 372 g/mol. The molecule has 0 amide bonds. The molecule has 3 aromatic rings. The lowest BCUT2D eigenvalue weighted by Crippen LogP contribution is -2.38. The number of nitrogens with two attached hydrogens (primary N) is 1. The molecule has 1 aliphatic carbocycles. The lowest BCUT2D eigenvalue weighted by atomic mass is 9.92. The monoisotopic (exact) mass is 396 g/mol. The van der Waals surface area contributed by atoms with E-state index in [1.165, 1.54) is 24.3 Å². The summed E-state index contributed by atoms with van der Waals surface area (Å²) in [4.78, 5) is 18.0. The van der Waals surface area contributed by atoms with Gasteiger partial charge in [-0.1, -0.05) is 0 Å². The predicted octanol–water partition coefficient (Wildman–Crippen LogP) is 2.19. The van der Waals surface area contributed by atoms with Crippen LogP contribution in [0.4, 0.5) is 11.5 Å². The van der Waals surface area contributed by atoms with E-state index >= 15 is 0 Å². The van der Waals surface area contributed by atoms with Crippen molar-refractivity contribution >= 4 is 22.8 Å². The van der Waals surface area contributed by atoms with Gasteiger partial charge in [0, 0.05) is 43.1 Å². The van der Waals surface area contributed by atoms with Crippen LogP contribution in [0.3, 0.4) is 0 Å². The van der Waals surface area contributed by atoms with Crippen LogP contribution in [0.1, 0.15) is 24.3 Å². The van der Waals surface area contributed by atoms with E-state index in [4.69, 9.17) is 5.73 Å². The summed E-state index contributed by atoms with van der Waals surface area (Å²) in [6.07, 6.45) is 10.6. The van der Waals surface area contributed by atoms with Gasteiger partial charge in [0.25, 0.3) is 0 Å². The maximum Gasteiger partial charge on any atom is 0.181 e. The van der Waals surface area contributed by atoms with E-state index < -0.39 is 0 Å². The highest BCUT2D eigenvalue weighted by Gasteiger charge is 2.56. The topological polar surface area (TPSA) is 89.0 Å². The Hall–Kier alpha value is -2.52. The first-order valence-electron chi connectivity index (χ1n) is 9.60. The summed E-state index contributed by atoms with van der Waals surface area (Å²) in [6.45, 7) is 2.89. The molecule has 3 aromatic heterocycles. The summed E-state index contributed by atoms with van der Waals surface area (Å²) < 4.78 is 1.69. The zero-order valence-electron chi connectivity index (χ0n) is 15.9. The Morgan fingerprint density at radius 2 is 2.04 bits per heavy atom. The van der Waals surface area contributed by atoms with E-state index in [0.29, 0.717) is 23.0 Å². The minimum Gasteiger partial charge on any atom is -0.393 e. The zero-order valence-corrected chi connectivity index (χ0v) is 16.7. The van der Waals surface area contributed by atoms with Crippen LogP contribution in [0.2, 0.25) is 0 Å². The van der Waals surface area contributed by atoms with Crippen molar-refractivity contribution in [2.24, 2.45) is 5.41 Å². The molecule has 2 fully saturated rings. The second kappa shape index (κ2) is 6.82. The fourth-order valence-corrected chi connectivity index (χ4v) is 5.19. The van der Waals surface area contributed by atoms with E-state index in [0.717, 1.165) is 25.5 Å². The zero-order chi connectivity index (χ0) is 19.1. The van der Waals surface area contributed by atoms with Gasteiger partial charge in [-0.2, -0.15) is 5.10 Å². The van der Waals surface area contributed by atoms with Gasteiger partial charge in [0.15, 0.2) is 11.6 Å². The number of nitrogen functional groups attached to an aromatic ring is 1. The van der Waals surface area contributed by atoms with Gasteiger partial charge in [-0.15, -0.1) is 11.3 Å². The Morgan fingerprint density at radius 3 is 2.75 bits per heavy atom. The number of hydrogen-bond acceptors (Lipinski definition) is 8. The van der Waals surface area contributed by atoms with Crippen molar-refractivity contribution in [1.29, 1.82) is 0 Å². The second-order valence-electron chi connectivity index (χ2n) is 7.80. The molecule has 1 atom stereocenters. The Bertz CT molecular complexity index is 931. The van der Waals surface area contributed by atoms with Crippen molar-refractivity contribution in [3.63, 3.8) is 0 Å². The number of nitrogens with zero attached hydrogens (tertiary/aromatic N) is 7. The van der Waals surface area contributed by atoms with Crippen LogP contribution in [0, 0.1) is 5.41 Å². The normalized spacial score (nSPS) is 20.8.